The maximum Gasteiger partial charge on any atom is 0.225 e. The number of carbonyl (C=O) groups is 2. The van der Waals surface area contributed by atoms with Crippen molar-refractivity contribution in [2.45, 2.75) is 31.7 Å². The lowest BCUT2D eigenvalue weighted by molar-refractivity contribution is -0.129. The third-order valence-electron chi connectivity index (χ3n) is 5.09. The van der Waals surface area contributed by atoms with Crippen molar-refractivity contribution in [2.75, 3.05) is 13.1 Å². The van der Waals surface area contributed by atoms with E-state index in [9.17, 15) is 9.59 Å². The summed E-state index contributed by atoms with van der Waals surface area (Å²) in [6.07, 6.45) is 3.37. The smallest absolute Gasteiger partial charge is 0.225 e. The van der Waals surface area contributed by atoms with E-state index in [2.05, 4.69) is 35.6 Å². The summed E-state index contributed by atoms with van der Waals surface area (Å²) in [4.78, 5) is 26.2. The van der Waals surface area contributed by atoms with Gasteiger partial charge in [0.05, 0.1) is 5.92 Å². The molecule has 1 heterocycles. The Morgan fingerprint density at radius 3 is 2.75 bits per heavy atom. The van der Waals surface area contributed by atoms with Gasteiger partial charge in [-0.2, -0.15) is 0 Å². The number of nitrogens with one attached hydrogen (secondary N) is 1. The van der Waals surface area contributed by atoms with E-state index in [1.807, 2.05) is 17.0 Å². The summed E-state index contributed by atoms with van der Waals surface area (Å²) >= 11 is 0. The van der Waals surface area contributed by atoms with Crippen molar-refractivity contribution < 1.29 is 9.59 Å². The summed E-state index contributed by atoms with van der Waals surface area (Å²) in [6, 6.07) is 15.0. The first-order valence-electron chi connectivity index (χ1n) is 8.76. The molecule has 0 radical (unpaired) electrons. The first kappa shape index (κ1) is 15.2. The number of hydrogen-bond acceptors (Lipinski definition) is 2. The second-order valence-electron chi connectivity index (χ2n) is 6.86. The van der Waals surface area contributed by atoms with E-state index in [0.717, 1.165) is 19.3 Å². The van der Waals surface area contributed by atoms with E-state index >= 15 is 0 Å². The monoisotopic (exact) mass is 322 g/mol. The van der Waals surface area contributed by atoms with Crippen molar-refractivity contribution in [3.63, 3.8) is 0 Å². The minimum absolute atomic E-state index is 0.0201. The number of rotatable bonds is 5. The van der Waals surface area contributed by atoms with Crippen LogP contribution in [0.15, 0.2) is 42.5 Å². The average molecular weight is 322 g/mol. The molecule has 1 saturated carbocycles. The topological polar surface area (TPSA) is 49.4 Å². The summed E-state index contributed by atoms with van der Waals surface area (Å²) in [5.41, 5.74) is 1.25. The van der Waals surface area contributed by atoms with Crippen LogP contribution >= 0.6 is 0 Å². The van der Waals surface area contributed by atoms with Crippen molar-refractivity contribution in [3.05, 3.63) is 48.0 Å². The Bertz CT molecular complexity index is 777. The SMILES string of the molecule is O=C(NCCc1cccc2ccccc12)[C@@H]1CC(=O)N(C2CC2)C1. The highest BCUT2D eigenvalue weighted by atomic mass is 16.2. The number of fused-ring (bicyclic) bond motifs is 1. The van der Waals surface area contributed by atoms with E-state index in [-0.39, 0.29) is 17.7 Å². The first-order valence-corrected chi connectivity index (χ1v) is 8.76. The van der Waals surface area contributed by atoms with Crippen LogP contribution in [0.4, 0.5) is 0 Å². The predicted octanol–water partition coefficient (Wildman–Crippen LogP) is 2.51. The Morgan fingerprint density at radius 2 is 1.92 bits per heavy atom. The molecule has 1 aliphatic carbocycles. The Hall–Kier alpha value is -2.36. The van der Waals surface area contributed by atoms with E-state index in [4.69, 9.17) is 0 Å². The van der Waals surface area contributed by atoms with Gasteiger partial charge in [0, 0.05) is 25.6 Å². The number of hydrogen-bond donors (Lipinski definition) is 1. The molecule has 124 valence electrons. The Balaban J connectivity index is 1.33. The number of amides is 2. The lowest BCUT2D eigenvalue weighted by Gasteiger charge is -2.15. The number of carbonyl (C=O) groups excluding carboxylic acids is 2. The van der Waals surface area contributed by atoms with Gasteiger partial charge >= 0.3 is 0 Å². The van der Waals surface area contributed by atoms with Crippen molar-refractivity contribution in [1.29, 1.82) is 0 Å². The molecular formula is C20H22N2O2. The van der Waals surface area contributed by atoms with Crippen LogP contribution in [0.3, 0.4) is 0 Å². The summed E-state index contributed by atoms with van der Waals surface area (Å²) in [6.45, 7) is 1.21. The molecule has 1 atom stereocenters. The second-order valence-corrected chi connectivity index (χ2v) is 6.86. The summed E-state index contributed by atoms with van der Waals surface area (Å²) in [5, 5.41) is 5.49. The van der Waals surface area contributed by atoms with Gasteiger partial charge in [0.25, 0.3) is 0 Å². The fourth-order valence-electron chi connectivity index (χ4n) is 3.62. The normalized spacial score (nSPS) is 20.6. The lowest BCUT2D eigenvalue weighted by Crippen LogP contribution is -2.34. The molecule has 2 aromatic carbocycles. The summed E-state index contributed by atoms with van der Waals surface area (Å²) in [5.74, 6) is -0.0101. The number of likely N-dealkylation sites (tertiary alicyclic amines) is 1. The molecule has 24 heavy (non-hydrogen) atoms. The van der Waals surface area contributed by atoms with Crippen molar-refractivity contribution in [3.8, 4) is 0 Å². The molecule has 1 N–H and O–H groups in total. The van der Waals surface area contributed by atoms with Crippen LogP contribution in [0.1, 0.15) is 24.8 Å². The third-order valence-corrected chi connectivity index (χ3v) is 5.09. The molecule has 0 unspecified atom stereocenters. The summed E-state index contributed by atoms with van der Waals surface area (Å²) in [7, 11) is 0. The van der Waals surface area contributed by atoms with Crippen LogP contribution in [-0.4, -0.2) is 35.8 Å². The quantitative estimate of drug-likeness (QED) is 0.919. The summed E-state index contributed by atoms with van der Waals surface area (Å²) < 4.78 is 0. The molecule has 2 aromatic rings. The Labute approximate surface area is 141 Å². The molecule has 1 aliphatic heterocycles. The number of nitrogens with zero attached hydrogens (tertiary/aromatic N) is 1. The van der Waals surface area contributed by atoms with Gasteiger partial charge in [-0.05, 0) is 35.6 Å². The molecule has 4 rings (SSSR count). The van der Waals surface area contributed by atoms with E-state index < -0.39 is 0 Å². The van der Waals surface area contributed by atoms with Crippen LogP contribution in [0.5, 0.6) is 0 Å². The van der Waals surface area contributed by atoms with Gasteiger partial charge in [-0.15, -0.1) is 0 Å². The fraction of sp³-hybridized carbons (Fsp3) is 0.400. The molecule has 0 bridgehead atoms. The van der Waals surface area contributed by atoms with Gasteiger partial charge in [-0.3, -0.25) is 9.59 Å². The van der Waals surface area contributed by atoms with Gasteiger partial charge in [-0.25, -0.2) is 0 Å². The van der Waals surface area contributed by atoms with Gasteiger partial charge in [0.1, 0.15) is 0 Å². The lowest BCUT2D eigenvalue weighted by atomic mass is 10.0. The molecule has 4 heteroatoms. The van der Waals surface area contributed by atoms with Crippen LogP contribution in [0.2, 0.25) is 0 Å². The van der Waals surface area contributed by atoms with Crippen LogP contribution in [0, 0.1) is 5.92 Å². The zero-order chi connectivity index (χ0) is 16.5. The fourth-order valence-corrected chi connectivity index (χ4v) is 3.62. The first-order chi connectivity index (χ1) is 11.7. The van der Waals surface area contributed by atoms with Crippen molar-refractivity contribution >= 4 is 22.6 Å². The van der Waals surface area contributed by atoms with Gasteiger partial charge < -0.3 is 10.2 Å². The van der Waals surface area contributed by atoms with Gasteiger partial charge in [0.15, 0.2) is 0 Å². The van der Waals surface area contributed by atoms with Crippen LogP contribution < -0.4 is 5.32 Å². The Kier molecular flexibility index (Phi) is 3.97. The van der Waals surface area contributed by atoms with Gasteiger partial charge in [-0.1, -0.05) is 42.5 Å². The largest absolute Gasteiger partial charge is 0.355 e. The zero-order valence-electron chi connectivity index (χ0n) is 13.7. The zero-order valence-corrected chi connectivity index (χ0v) is 13.7. The Morgan fingerprint density at radius 1 is 1.12 bits per heavy atom. The highest BCUT2D eigenvalue weighted by Crippen LogP contribution is 2.32. The molecule has 4 nitrogen and oxygen atoms in total. The van der Waals surface area contributed by atoms with Crippen LogP contribution in [-0.2, 0) is 16.0 Å². The number of benzene rings is 2. The molecular weight excluding hydrogens is 300 g/mol. The maximum atomic E-state index is 12.3. The minimum Gasteiger partial charge on any atom is -0.355 e. The van der Waals surface area contributed by atoms with Gasteiger partial charge in [0.2, 0.25) is 11.8 Å². The standard InChI is InChI=1S/C20H22N2O2/c23-19-12-16(13-22(19)17-8-9-17)20(24)21-11-10-15-6-3-5-14-4-1-2-7-18(14)15/h1-7,16-17H,8-13H2,(H,21,24)/t16-/m1/s1. The highest BCUT2D eigenvalue weighted by Gasteiger charge is 2.41. The van der Waals surface area contributed by atoms with E-state index in [0.29, 0.717) is 25.6 Å². The molecule has 1 saturated heterocycles. The predicted molar refractivity (Wildman–Crippen MR) is 93.5 cm³/mol. The maximum absolute atomic E-state index is 12.3. The highest BCUT2D eigenvalue weighted by molar-refractivity contribution is 5.89. The second kappa shape index (κ2) is 6.27. The van der Waals surface area contributed by atoms with E-state index in [1.165, 1.54) is 16.3 Å². The minimum atomic E-state index is -0.175. The third kappa shape index (κ3) is 3.01. The average Bonchev–Trinajstić information content (AvgIpc) is 3.37. The molecule has 2 aliphatic rings. The molecule has 0 aromatic heterocycles. The molecule has 2 fully saturated rings. The van der Waals surface area contributed by atoms with Crippen molar-refractivity contribution in [2.24, 2.45) is 5.92 Å². The van der Waals surface area contributed by atoms with E-state index in [1.54, 1.807) is 0 Å². The molecule has 0 spiro atoms. The molecule has 2 amide bonds. The van der Waals surface area contributed by atoms with Crippen LogP contribution in [0.25, 0.3) is 10.8 Å². The van der Waals surface area contributed by atoms with Crippen molar-refractivity contribution in [1.82, 2.24) is 10.2 Å².